The zero-order valence-electron chi connectivity index (χ0n) is 58.1. The van der Waals surface area contributed by atoms with Crippen LogP contribution in [0.5, 0.6) is 0 Å². The predicted octanol–water partition coefficient (Wildman–Crippen LogP) is -20.2. The molecule has 29 N–H and O–H groups in total. The van der Waals surface area contributed by atoms with E-state index in [0.29, 0.717) is 0 Å². The lowest BCUT2D eigenvalue weighted by molar-refractivity contribution is -0.401. The maximum atomic E-state index is 13.1. The summed E-state index contributed by atoms with van der Waals surface area (Å²) in [6.45, 7) is -6.83. The van der Waals surface area contributed by atoms with Gasteiger partial charge in [-0.15, -0.1) is 0 Å². The number of amides is 3. The molecule has 109 heavy (non-hydrogen) atoms. The lowest BCUT2D eigenvalue weighted by Gasteiger charge is -2.52. The summed E-state index contributed by atoms with van der Waals surface area (Å²) >= 11 is 0. The molecule has 0 saturated carbocycles. The maximum Gasteiger partial charge on any atom is 0.217 e. The minimum absolute atomic E-state index is 0.900. The summed E-state index contributed by atoms with van der Waals surface area (Å²) < 4.78 is 99.7. The van der Waals surface area contributed by atoms with Gasteiger partial charge >= 0.3 is 0 Å². The molecule has 632 valence electrons. The number of carbonyl (C=O) groups excluding carboxylic acids is 3. The molecule has 3 amide bonds. The van der Waals surface area contributed by atoms with Gasteiger partial charge < -0.3 is 229 Å². The Morgan fingerprint density at radius 2 is 0.495 bits per heavy atom. The van der Waals surface area contributed by atoms with Crippen LogP contribution in [-0.4, -0.2) is 486 Å². The van der Waals surface area contributed by atoms with E-state index in [0.717, 1.165) is 20.8 Å². The molecule has 49 nitrogen and oxygen atoms in total. The molecule has 45 atom stereocenters. The summed E-state index contributed by atoms with van der Waals surface area (Å²) in [4.78, 5) is 38.7. The van der Waals surface area contributed by atoms with Crippen LogP contribution in [0.3, 0.4) is 0 Å². The van der Waals surface area contributed by atoms with Crippen LogP contribution >= 0.6 is 0 Å². The van der Waals surface area contributed by atoms with Crippen LogP contribution < -0.4 is 16.0 Å². The second-order valence-electron chi connectivity index (χ2n) is 27.4. The van der Waals surface area contributed by atoms with Crippen molar-refractivity contribution in [3.63, 3.8) is 0 Å². The Kier molecular flexibility index (Phi) is 32.1. The normalized spacial score (nSPS) is 50.0. The van der Waals surface area contributed by atoms with Crippen molar-refractivity contribution >= 4 is 17.7 Å². The lowest BCUT2D eigenvalue weighted by atomic mass is 9.93. The first-order valence-corrected chi connectivity index (χ1v) is 34.6. The Balaban J connectivity index is 1.01. The fourth-order valence-corrected chi connectivity index (χ4v) is 14.0. The molecule has 9 fully saturated rings. The van der Waals surface area contributed by atoms with E-state index in [1.54, 1.807) is 0 Å². The number of hydrogen-bond acceptors (Lipinski definition) is 46. The zero-order valence-corrected chi connectivity index (χ0v) is 58.1. The molecule has 0 bridgehead atoms. The van der Waals surface area contributed by atoms with E-state index in [9.17, 15) is 147 Å². The van der Waals surface area contributed by atoms with Gasteiger partial charge in [-0.3, -0.25) is 14.4 Å². The number of rotatable bonds is 28. The highest BCUT2D eigenvalue weighted by molar-refractivity contribution is 5.74. The van der Waals surface area contributed by atoms with Gasteiger partial charge in [-0.2, -0.15) is 0 Å². The van der Waals surface area contributed by atoms with E-state index >= 15 is 0 Å². The molecule has 9 rings (SSSR count). The van der Waals surface area contributed by atoms with Crippen LogP contribution in [0.25, 0.3) is 0 Å². The van der Waals surface area contributed by atoms with Gasteiger partial charge in [0.1, 0.15) is 220 Å². The summed E-state index contributed by atoms with van der Waals surface area (Å²) in [6, 6.07) is -5.77. The van der Waals surface area contributed by atoms with Crippen LogP contribution in [0.1, 0.15) is 20.8 Å². The third-order valence-corrected chi connectivity index (χ3v) is 20.0. The van der Waals surface area contributed by atoms with Crippen molar-refractivity contribution in [2.24, 2.45) is 0 Å². The molecule has 49 heteroatoms. The Labute approximate surface area is 616 Å². The van der Waals surface area contributed by atoms with Crippen molar-refractivity contribution in [1.29, 1.82) is 0 Å². The minimum Gasteiger partial charge on any atom is -0.394 e. The molecule has 0 unspecified atom stereocenters. The maximum absolute atomic E-state index is 13.1. The standard InChI is InChI=1S/C60H101N3O46/c1-13(72)61-25-33(80)45(104-56-40(87)36(83)28(75)16(4-64)95-56)20(8-68)99-53(25)103-48-23(11-71)102-60(51(43(48)90)109-55-27(63-15(3)74)35(82)47(22(10-70)101-55)106-58-42(89)38(85)30(77)18(6-66)97-58)107-49-32(79)24(94-52(92)44(49)91)12-93-59-50(39(86)31(78)19(7-67)98-59)108-54-26(62-14(2)73)34(81)46(21(9-69)100-54)105-57-41(88)37(84)29(76)17(5-65)96-57/h16-60,64-71,75-92H,4-12H2,1-3H3,(H,61,72)(H,62,73)(H,63,74)/t16-,17-,18-,19-,20-,21-,22-,23-,24-,25-,26-,27-,28+,29+,30+,31-,32-,33-,34-,35-,36+,37+,38+,39+,40-,41-,42-,43+,44+,45-,46-,47-,48-,49+,50+,51+,52-,53+,54+,55+,56+,57+,58+,59+,60-/m1/s1. The molecular weight excluding hydrogens is 1500 g/mol. The van der Waals surface area contributed by atoms with E-state index in [2.05, 4.69) is 16.0 Å². The first-order valence-electron chi connectivity index (χ1n) is 34.6. The Hall–Kier alpha value is -3.31. The van der Waals surface area contributed by atoms with Gasteiger partial charge in [0.2, 0.25) is 17.7 Å². The highest BCUT2D eigenvalue weighted by atomic mass is 16.8. The smallest absolute Gasteiger partial charge is 0.217 e. The van der Waals surface area contributed by atoms with Gasteiger partial charge in [-0.05, 0) is 0 Å². The van der Waals surface area contributed by atoms with Crippen LogP contribution in [0.15, 0.2) is 0 Å². The van der Waals surface area contributed by atoms with Gasteiger partial charge in [0.25, 0.3) is 0 Å². The number of hydrogen-bond donors (Lipinski definition) is 29. The van der Waals surface area contributed by atoms with Crippen molar-refractivity contribution in [2.75, 3.05) is 59.5 Å². The third kappa shape index (κ3) is 19.5. The zero-order chi connectivity index (χ0) is 80.2. The molecular formula is C60H101N3O46. The molecule has 9 saturated heterocycles. The van der Waals surface area contributed by atoms with Gasteiger partial charge in [-0.1, -0.05) is 0 Å². The van der Waals surface area contributed by atoms with Crippen LogP contribution in [0.2, 0.25) is 0 Å². The molecule has 9 aliphatic heterocycles. The molecule has 0 aromatic rings. The lowest BCUT2D eigenvalue weighted by Crippen LogP contribution is -2.71. The first-order chi connectivity index (χ1) is 51.6. The average molecular weight is 1600 g/mol. The number of ether oxygens (including phenoxy) is 17. The summed E-state index contributed by atoms with van der Waals surface area (Å²) in [6.07, 6.45) is -86.4. The third-order valence-electron chi connectivity index (χ3n) is 20.0. The molecule has 0 aromatic carbocycles. The number of carbonyl (C=O) groups is 3. The molecule has 9 aliphatic rings. The molecule has 0 radical (unpaired) electrons. The van der Waals surface area contributed by atoms with E-state index in [1.807, 2.05) is 0 Å². The van der Waals surface area contributed by atoms with Gasteiger partial charge in [-0.25, -0.2) is 0 Å². The highest BCUT2D eigenvalue weighted by Crippen LogP contribution is 2.40. The monoisotopic (exact) mass is 1600 g/mol. The number of aliphatic hydroxyl groups excluding tert-OH is 26. The molecule has 0 aromatic heterocycles. The quantitative estimate of drug-likeness (QED) is 0.0346. The van der Waals surface area contributed by atoms with Crippen molar-refractivity contribution in [3.05, 3.63) is 0 Å². The number of aliphatic hydroxyl groups is 26. The first kappa shape index (κ1) is 89.6. The molecule has 0 spiro atoms. The van der Waals surface area contributed by atoms with Crippen molar-refractivity contribution in [3.8, 4) is 0 Å². The van der Waals surface area contributed by atoms with E-state index in [1.165, 1.54) is 0 Å². The van der Waals surface area contributed by atoms with Gasteiger partial charge in [0, 0.05) is 20.8 Å². The van der Waals surface area contributed by atoms with Crippen molar-refractivity contribution < 1.29 is 228 Å². The van der Waals surface area contributed by atoms with Crippen molar-refractivity contribution in [2.45, 2.75) is 297 Å². The fraction of sp³-hybridized carbons (Fsp3) is 0.950. The predicted molar refractivity (Wildman–Crippen MR) is 332 cm³/mol. The van der Waals surface area contributed by atoms with E-state index in [4.69, 9.17) is 80.5 Å². The largest absolute Gasteiger partial charge is 0.394 e. The Morgan fingerprint density at radius 3 is 0.817 bits per heavy atom. The van der Waals surface area contributed by atoms with Crippen molar-refractivity contribution in [1.82, 2.24) is 16.0 Å². The fourth-order valence-electron chi connectivity index (χ4n) is 14.0. The minimum atomic E-state index is -2.51. The SMILES string of the molecule is CC(=O)N[C@H]1[C@H](O[C@@H]2[C@@H](O[C@@H]3[C@H](O)[C@H](O)O[C@H](CO[C@H]4O[C@H](CO)[C@@H](O)[C@H](O)[C@@H]4O[C@@H]4O[C@H](CO)[C@@H](O[C@@H]5O[C@H](CO)[C@H](O)[C@H](O)[C@H]5O)[C@H](O)[C@H]4NC(C)=O)[C@H]3O)O[C@H](CO)[C@@H](O[C@@H]3O[C@H](CO)[C@@H](O[C@@H]4O[C@H](CO)[C@H](O)[C@H](O)[C@H]4O)[C@H](O)[C@H]3NC(C)=O)[C@@H]2O)O[C@H](CO)[C@@H](O[C@@H]2O[C@H](CO)[C@H](O)[C@H](O)[C@H]2O)[C@@H]1O. The van der Waals surface area contributed by atoms with E-state index < -0.39 is 353 Å². The van der Waals surface area contributed by atoms with Crippen LogP contribution in [0.4, 0.5) is 0 Å². The summed E-state index contributed by atoms with van der Waals surface area (Å²) in [7, 11) is 0. The van der Waals surface area contributed by atoms with Crippen LogP contribution in [-0.2, 0) is 94.9 Å². The second kappa shape index (κ2) is 39.1. The number of nitrogens with one attached hydrogen (secondary N) is 3. The van der Waals surface area contributed by atoms with Gasteiger partial charge in [0.05, 0.1) is 59.5 Å². The average Bonchev–Trinajstić information content (AvgIpc) is 0.767. The molecule has 0 aliphatic carbocycles. The Bertz CT molecular complexity index is 2840. The summed E-state index contributed by atoms with van der Waals surface area (Å²) in [5.41, 5.74) is 0. The second-order valence-corrected chi connectivity index (χ2v) is 27.4. The summed E-state index contributed by atoms with van der Waals surface area (Å²) in [5.74, 6) is -2.83. The summed E-state index contributed by atoms with van der Waals surface area (Å²) in [5, 5.41) is 292. The molecule has 9 heterocycles. The highest BCUT2D eigenvalue weighted by Gasteiger charge is 2.61. The van der Waals surface area contributed by atoms with Gasteiger partial charge in [0.15, 0.2) is 56.6 Å². The Morgan fingerprint density at radius 1 is 0.239 bits per heavy atom. The van der Waals surface area contributed by atoms with E-state index in [-0.39, 0.29) is 0 Å². The van der Waals surface area contributed by atoms with Crippen LogP contribution in [0, 0.1) is 0 Å². The topological polar surface area (TPSA) is 770 Å².